The maximum Gasteiger partial charge on any atom is 0.306 e. The lowest BCUT2D eigenvalue weighted by molar-refractivity contribution is -0.142. The van der Waals surface area contributed by atoms with Crippen LogP contribution in [-0.4, -0.2) is 39.3 Å². The molecule has 94 valence electrons. The average molecular weight is 254 g/mol. The third kappa shape index (κ3) is 8.15. The van der Waals surface area contributed by atoms with Gasteiger partial charge in [-0.3, -0.25) is 14.4 Å². The minimum atomic E-state index is -3.77. The second kappa shape index (κ2) is 7.14. The summed E-state index contributed by atoms with van der Waals surface area (Å²) < 4.78 is 26.8. The summed E-state index contributed by atoms with van der Waals surface area (Å²) in [4.78, 5) is 27.0. The molecule has 0 bridgehead atoms. The summed E-state index contributed by atoms with van der Waals surface area (Å²) in [6.45, 7) is 1.23. The standard InChI is InChI=1S/C7H14N2O6S/c1-2-14-7(11)3-4-16(12,13)9-15-5-6(8)10/h9H,2-5H2,1H3,(H2,8,10). The third-order valence-electron chi connectivity index (χ3n) is 1.28. The fraction of sp³-hybridized carbons (Fsp3) is 0.714. The second-order valence-electron chi connectivity index (χ2n) is 2.71. The van der Waals surface area contributed by atoms with E-state index in [9.17, 15) is 18.0 Å². The lowest BCUT2D eigenvalue weighted by atomic mass is 10.5. The molecule has 0 saturated carbocycles. The van der Waals surface area contributed by atoms with E-state index in [2.05, 4.69) is 9.57 Å². The number of ether oxygens (including phenoxy) is 1. The van der Waals surface area contributed by atoms with Crippen LogP contribution < -0.4 is 10.6 Å². The van der Waals surface area contributed by atoms with E-state index < -0.39 is 34.3 Å². The van der Waals surface area contributed by atoms with Gasteiger partial charge in [-0.1, -0.05) is 4.89 Å². The number of hydrogen-bond acceptors (Lipinski definition) is 6. The minimum Gasteiger partial charge on any atom is -0.466 e. The molecule has 0 rings (SSSR count). The molecule has 8 nitrogen and oxygen atoms in total. The quantitative estimate of drug-likeness (QED) is 0.392. The van der Waals surface area contributed by atoms with E-state index in [4.69, 9.17) is 5.73 Å². The highest BCUT2D eigenvalue weighted by Crippen LogP contribution is 1.93. The Morgan fingerprint density at radius 2 is 2.00 bits per heavy atom. The van der Waals surface area contributed by atoms with Gasteiger partial charge in [0.25, 0.3) is 0 Å². The smallest absolute Gasteiger partial charge is 0.306 e. The van der Waals surface area contributed by atoms with Crippen LogP contribution in [0.5, 0.6) is 0 Å². The molecule has 0 aliphatic carbocycles. The fourth-order valence-electron chi connectivity index (χ4n) is 0.683. The lowest BCUT2D eigenvalue weighted by Gasteiger charge is -2.05. The zero-order valence-electron chi connectivity index (χ0n) is 8.76. The molecule has 0 unspecified atom stereocenters. The first-order valence-electron chi connectivity index (χ1n) is 4.42. The van der Waals surface area contributed by atoms with Gasteiger partial charge >= 0.3 is 5.97 Å². The van der Waals surface area contributed by atoms with Gasteiger partial charge in [0.2, 0.25) is 15.9 Å². The van der Waals surface area contributed by atoms with Gasteiger partial charge in [0, 0.05) is 0 Å². The van der Waals surface area contributed by atoms with Crippen molar-refractivity contribution in [3.63, 3.8) is 0 Å². The molecule has 1 amide bonds. The fourth-order valence-corrected chi connectivity index (χ4v) is 1.44. The lowest BCUT2D eigenvalue weighted by Crippen LogP contribution is -2.31. The highest BCUT2D eigenvalue weighted by Gasteiger charge is 2.14. The van der Waals surface area contributed by atoms with Crippen molar-refractivity contribution in [3.05, 3.63) is 0 Å². The normalized spacial score (nSPS) is 11.1. The Bertz CT molecular complexity index is 339. The van der Waals surface area contributed by atoms with E-state index in [-0.39, 0.29) is 13.0 Å². The van der Waals surface area contributed by atoms with Crippen LogP contribution in [0.3, 0.4) is 0 Å². The van der Waals surface area contributed by atoms with Crippen molar-refractivity contribution in [2.24, 2.45) is 5.73 Å². The first-order valence-corrected chi connectivity index (χ1v) is 6.08. The van der Waals surface area contributed by atoms with Crippen LogP contribution in [-0.2, 0) is 29.2 Å². The number of primary amides is 1. The van der Waals surface area contributed by atoms with Crippen molar-refractivity contribution in [2.45, 2.75) is 13.3 Å². The van der Waals surface area contributed by atoms with E-state index in [1.807, 2.05) is 0 Å². The van der Waals surface area contributed by atoms with Crippen LogP contribution in [0.1, 0.15) is 13.3 Å². The molecule has 0 aliphatic heterocycles. The van der Waals surface area contributed by atoms with Gasteiger partial charge in [0.1, 0.15) is 6.61 Å². The molecule has 0 aliphatic rings. The summed E-state index contributed by atoms with van der Waals surface area (Å²) in [5.74, 6) is -1.92. The summed E-state index contributed by atoms with van der Waals surface area (Å²) in [5.41, 5.74) is 4.71. The molecule has 0 heterocycles. The summed E-state index contributed by atoms with van der Waals surface area (Å²) in [7, 11) is -3.77. The molecule has 0 aromatic rings. The van der Waals surface area contributed by atoms with E-state index in [0.29, 0.717) is 0 Å². The number of rotatable bonds is 8. The van der Waals surface area contributed by atoms with Crippen LogP contribution in [0.2, 0.25) is 0 Å². The minimum absolute atomic E-state index is 0.185. The highest BCUT2D eigenvalue weighted by atomic mass is 32.2. The highest BCUT2D eigenvalue weighted by molar-refractivity contribution is 7.89. The summed E-state index contributed by atoms with van der Waals surface area (Å²) in [6.07, 6.45) is -0.289. The van der Waals surface area contributed by atoms with E-state index >= 15 is 0 Å². The Kier molecular flexibility index (Phi) is 6.61. The van der Waals surface area contributed by atoms with Gasteiger partial charge in [0.15, 0.2) is 0 Å². The van der Waals surface area contributed by atoms with Crippen molar-refractivity contribution in [2.75, 3.05) is 19.0 Å². The number of carbonyl (C=O) groups is 2. The van der Waals surface area contributed by atoms with Crippen LogP contribution in [0.15, 0.2) is 0 Å². The predicted molar refractivity (Wildman–Crippen MR) is 53.3 cm³/mol. The van der Waals surface area contributed by atoms with E-state index in [0.717, 1.165) is 0 Å². The zero-order valence-corrected chi connectivity index (χ0v) is 9.58. The molecular formula is C7H14N2O6S. The van der Waals surface area contributed by atoms with Crippen molar-refractivity contribution in [3.8, 4) is 0 Å². The molecule has 9 heteroatoms. The first kappa shape index (κ1) is 14.8. The van der Waals surface area contributed by atoms with Gasteiger partial charge in [-0.25, -0.2) is 8.42 Å². The zero-order chi connectivity index (χ0) is 12.6. The van der Waals surface area contributed by atoms with Crippen molar-refractivity contribution in [1.29, 1.82) is 0 Å². The third-order valence-corrected chi connectivity index (χ3v) is 2.39. The SMILES string of the molecule is CCOC(=O)CCS(=O)(=O)NOCC(N)=O. The monoisotopic (exact) mass is 254 g/mol. The van der Waals surface area contributed by atoms with Gasteiger partial charge in [-0.2, -0.15) is 0 Å². The van der Waals surface area contributed by atoms with Gasteiger partial charge in [-0.15, -0.1) is 0 Å². The number of carbonyl (C=O) groups excluding carboxylic acids is 2. The Morgan fingerprint density at radius 1 is 1.38 bits per heavy atom. The largest absolute Gasteiger partial charge is 0.466 e. The number of esters is 1. The van der Waals surface area contributed by atoms with Gasteiger partial charge in [-0.05, 0) is 6.92 Å². The molecule has 16 heavy (non-hydrogen) atoms. The van der Waals surface area contributed by atoms with E-state index in [1.165, 1.54) is 0 Å². The van der Waals surface area contributed by atoms with Crippen LogP contribution in [0.25, 0.3) is 0 Å². The molecule has 0 aromatic carbocycles. The van der Waals surface area contributed by atoms with Crippen molar-refractivity contribution < 1.29 is 27.6 Å². The molecule has 0 atom stereocenters. The molecule has 0 aromatic heterocycles. The topological polar surface area (TPSA) is 125 Å². The number of sulfonamides is 1. The van der Waals surface area contributed by atoms with Crippen LogP contribution in [0.4, 0.5) is 0 Å². The maximum absolute atomic E-state index is 11.1. The van der Waals surface area contributed by atoms with Crippen molar-refractivity contribution >= 4 is 21.9 Å². The molecule has 0 saturated heterocycles. The summed E-state index contributed by atoms with van der Waals surface area (Å²) in [6, 6.07) is 0. The Hall–Kier alpha value is -1.19. The van der Waals surface area contributed by atoms with Gasteiger partial charge < -0.3 is 10.5 Å². The second-order valence-corrected chi connectivity index (χ2v) is 4.52. The maximum atomic E-state index is 11.1. The van der Waals surface area contributed by atoms with Crippen LogP contribution >= 0.6 is 0 Å². The number of hydrogen-bond donors (Lipinski definition) is 2. The van der Waals surface area contributed by atoms with Crippen LogP contribution in [0, 0.1) is 0 Å². The molecule has 0 radical (unpaired) electrons. The number of nitrogens with one attached hydrogen (secondary N) is 1. The summed E-state index contributed by atoms with van der Waals surface area (Å²) >= 11 is 0. The van der Waals surface area contributed by atoms with E-state index in [1.54, 1.807) is 11.8 Å². The first-order chi connectivity index (χ1) is 7.37. The molecule has 3 N–H and O–H groups in total. The molecule has 0 fully saturated rings. The summed E-state index contributed by atoms with van der Waals surface area (Å²) in [5, 5.41) is 0. The Balaban J connectivity index is 3.87. The number of amides is 1. The Labute approximate surface area is 93.1 Å². The average Bonchev–Trinajstić information content (AvgIpc) is 2.14. The Morgan fingerprint density at radius 3 is 2.50 bits per heavy atom. The van der Waals surface area contributed by atoms with Crippen molar-refractivity contribution in [1.82, 2.24) is 4.89 Å². The van der Waals surface area contributed by atoms with Gasteiger partial charge in [0.05, 0.1) is 18.8 Å². The number of nitrogens with two attached hydrogens (primary N) is 1. The molecule has 0 spiro atoms. The molecular weight excluding hydrogens is 240 g/mol. The predicted octanol–water partition coefficient (Wildman–Crippen LogP) is -1.72.